The third kappa shape index (κ3) is 3.05. The van der Waals surface area contributed by atoms with Gasteiger partial charge in [-0.25, -0.2) is 9.59 Å². The number of halogens is 3. The molecule has 0 aromatic carbocycles. The van der Waals surface area contributed by atoms with E-state index in [4.69, 9.17) is 9.84 Å². The van der Waals surface area contributed by atoms with Gasteiger partial charge in [0.25, 0.3) is 0 Å². The van der Waals surface area contributed by atoms with Gasteiger partial charge in [-0.1, -0.05) is 0 Å². The van der Waals surface area contributed by atoms with Gasteiger partial charge in [0.05, 0.1) is 5.92 Å². The van der Waals surface area contributed by atoms with Crippen molar-refractivity contribution in [1.29, 1.82) is 0 Å². The Kier molecular flexibility index (Phi) is 3.27. The molecule has 0 aromatic rings. The van der Waals surface area contributed by atoms with Crippen LogP contribution in [0.3, 0.4) is 0 Å². The molecule has 0 spiro atoms. The average Bonchev–Trinajstić information content (AvgIpc) is 2.75. The molecule has 2 N–H and O–H groups in total. The van der Waals surface area contributed by atoms with E-state index in [9.17, 15) is 22.8 Å². The molecule has 8 heteroatoms. The minimum Gasteiger partial charge on any atom is -0.479 e. The van der Waals surface area contributed by atoms with Gasteiger partial charge in [-0.3, -0.25) is 0 Å². The van der Waals surface area contributed by atoms with Crippen LogP contribution in [0.25, 0.3) is 0 Å². The number of ether oxygens (including phenoxy) is 1. The number of alkyl halides is 3. The summed E-state index contributed by atoms with van der Waals surface area (Å²) in [6.45, 7) is 4.57. The molecule has 5 nitrogen and oxygen atoms in total. The van der Waals surface area contributed by atoms with Gasteiger partial charge in [0.2, 0.25) is 0 Å². The number of hydrogen-bond donors (Lipinski definition) is 2. The normalized spacial score (nSPS) is 27.6. The first-order valence-electron chi connectivity index (χ1n) is 5.20. The summed E-state index contributed by atoms with van der Waals surface area (Å²) >= 11 is 0. The number of alkyl carbamates (subject to hydrolysis) is 1. The van der Waals surface area contributed by atoms with Crippen molar-refractivity contribution in [3.8, 4) is 0 Å². The van der Waals surface area contributed by atoms with Crippen molar-refractivity contribution in [2.45, 2.75) is 44.5 Å². The van der Waals surface area contributed by atoms with E-state index in [0.29, 0.717) is 0 Å². The number of carboxylic acid groups (broad SMARTS) is 1. The smallest absolute Gasteiger partial charge is 0.408 e. The SMILES string of the molecule is CC(C)(C)OC(=O)N[C@]1(C(=O)O)C[C@@H]1C(F)(F)F. The predicted molar refractivity (Wildman–Crippen MR) is 53.9 cm³/mol. The standard InChI is InChI=1S/C10H14F3NO4/c1-8(2,3)18-7(17)14-9(6(15)16)4-5(9)10(11,12)13/h5H,4H2,1-3H3,(H,14,17)(H,15,16)/t5-,9+/m0/s1. The molecule has 2 atom stereocenters. The molecule has 0 unspecified atom stereocenters. The zero-order valence-electron chi connectivity index (χ0n) is 10.1. The number of carboxylic acids is 1. The Hall–Kier alpha value is -1.47. The first-order valence-corrected chi connectivity index (χ1v) is 5.20. The van der Waals surface area contributed by atoms with Crippen molar-refractivity contribution in [3.05, 3.63) is 0 Å². The highest BCUT2D eigenvalue weighted by Crippen LogP contribution is 2.53. The zero-order chi connectivity index (χ0) is 14.4. The quantitative estimate of drug-likeness (QED) is 0.803. The van der Waals surface area contributed by atoms with E-state index in [1.807, 2.05) is 0 Å². The third-order valence-corrected chi connectivity index (χ3v) is 2.46. The van der Waals surface area contributed by atoms with E-state index in [1.54, 1.807) is 5.32 Å². The monoisotopic (exact) mass is 269 g/mol. The average molecular weight is 269 g/mol. The largest absolute Gasteiger partial charge is 0.479 e. The van der Waals surface area contributed by atoms with E-state index < -0.39 is 41.7 Å². The molecular formula is C10H14F3NO4. The molecule has 0 aliphatic heterocycles. The fraction of sp³-hybridized carbons (Fsp3) is 0.800. The Bertz CT molecular complexity index is 374. The second-order valence-corrected chi connectivity index (χ2v) is 5.20. The molecule has 0 saturated heterocycles. The first-order chi connectivity index (χ1) is 7.88. The Morgan fingerprint density at radius 1 is 1.33 bits per heavy atom. The Balaban J connectivity index is 2.75. The maximum absolute atomic E-state index is 12.4. The van der Waals surface area contributed by atoms with Gasteiger partial charge in [-0.2, -0.15) is 13.2 Å². The number of rotatable bonds is 2. The molecule has 1 fully saturated rings. The van der Waals surface area contributed by atoms with E-state index >= 15 is 0 Å². The Morgan fingerprint density at radius 3 is 2.11 bits per heavy atom. The highest BCUT2D eigenvalue weighted by atomic mass is 19.4. The highest BCUT2D eigenvalue weighted by Gasteiger charge is 2.72. The van der Waals surface area contributed by atoms with Gasteiger partial charge in [0.1, 0.15) is 5.60 Å². The summed E-state index contributed by atoms with van der Waals surface area (Å²) in [4.78, 5) is 22.2. The number of carbonyl (C=O) groups is 2. The molecule has 104 valence electrons. The summed E-state index contributed by atoms with van der Waals surface area (Å²) in [6, 6.07) is 0. The van der Waals surface area contributed by atoms with Gasteiger partial charge in [-0.15, -0.1) is 0 Å². The van der Waals surface area contributed by atoms with Crippen LogP contribution in [-0.4, -0.2) is 34.5 Å². The summed E-state index contributed by atoms with van der Waals surface area (Å²) < 4.78 is 42.0. The maximum Gasteiger partial charge on any atom is 0.408 e. The molecule has 1 aliphatic carbocycles. The highest BCUT2D eigenvalue weighted by molar-refractivity contribution is 5.88. The lowest BCUT2D eigenvalue weighted by Gasteiger charge is -2.22. The van der Waals surface area contributed by atoms with E-state index in [-0.39, 0.29) is 0 Å². The molecule has 1 aliphatic rings. The lowest BCUT2D eigenvalue weighted by Crippen LogP contribution is -2.48. The molecule has 0 bridgehead atoms. The zero-order valence-corrected chi connectivity index (χ0v) is 10.1. The van der Waals surface area contributed by atoms with Crippen LogP contribution in [0.2, 0.25) is 0 Å². The van der Waals surface area contributed by atoms with Crippen LogP contribution >= 0.6 is 0 Å². The summed E-state index contributed by atoms with van der Waals surface area (Å²) in [7, 11) is 0. The lowest BCUT2D eigenvalue weighted by atomic mass is 10.2. The van der Waals surface area contributed by atoms with Crippen LogP contribution in [-0.2, 0) is 9.53 Å². The van der Waals surface area contributed by atoms with Crippen LogP contribution < -0.4 is 5.32 Å². The van der Waals surface area contributed by atoms with Crippen molar-refractivity contribution in [2.75, 3.05) is 0 Å². The fourth-order valence-electron chi connectivity index (χ4n) is 1.57. The number of nitrogens with one attached hydrogen (secondary N) is 1. The third-order valence-electron chi connectivity index (χ3n) is 2.46. The van der Waals surface area contributed by atoms with Gasteiger partial charge >= 0.3 is 18.2 Å². The van der Waals surface area contributed by atoms with Crippen molar-refractivity contribution < 1.29 is 32.6 Å². The van der Waals surface area contributed by atoms with Gasteiger partial charge in [0, 0.05) is 0 Å². The van der Waals surface area contributed by atoms with E-state index in [1.165, 1.54) is 20.8 Å². The maximum atomic E-state index is 12.4. The molecule has 1 rings (SSSR count). The van der Waals surface area contributed by atoms with Crippen molar-refractivity contribution in [1.82, 2.24) is 5.32 Å². The van der Waals surface area contributed by atoms with Gasteiger partial charge in [-0.05, 0) is 27.2 Å². The van der Waals surface area contributed by atoms with Gasteiger partial charge < -0.3 is 15.2 Å². The minimum atomic E-state index is -4.66. The molecule has 1 saturated carbocycles. The summed E-state index contributed by atoms with van der Waals surface area (Å²) in [6.07, 6.45) is -6.50. The molecule has 0 radical (unpaired) electrons. The molecular weight excluding hydrogens is 255 g/mol. The van der Waals surface area contributed by atoms with Crippen molar-refractivity contribution >= 4 is 12.1 Å². The predicted octanol–water partition coefficient (Wildman–Crippen LogP) is 1.92. The van der Waals surface area contributed by atoms with Crippen molar-refractivity contribution in [2.24, 2.45) is 5.92 Å². The number of aliphatic carboxylic acids is 1. The minimum absolute atomic E-state index is 0.676. The summed E-state index contributed by atoms with van der Waals surface area (Å²) in [5, 5.41) is 10.6. The molecule has 1 amide bonds. The summed E-state index contributed by atoms with van der Waals surface area (Å²) in [5.74, 6) is -3.79. The Labute approximate surface area is 101 Å². The van der Waals surface area contributed by atoms with Crippen LogP contribution in [0.5, 0.6) is 0 Å². The molecule has 18 heavy (non-hydrogen) atoms. The van der Waals surface area contributed by atoms with Crippen LogP contribution in [0.4, 0.5) is 18.0 Å². The van der Waals surface area contributed by atoms with E-state index in [0.717, 1.165) is 0 Å². The number of amides is 1. The molecule has 0 heterocycles. The second-order valence-electron chi connectivity index (χ2n) is 5.20. The van der Waals surface area contributed by atoms with E-state index in [2.05, 4.69) is 0 Å². The summed E-state index contributed by atoms with van der Waals surface area (Å²) in [5.41, 5.74) is -3.20. The van der Waals surface area contributed by atoms with Crippen LogP contribution in [0, 0.1) is 5.92 Å². The van der Waals surface area contributed by atoms with Crippen molar-refractivity contribution in [3.63, 3.8) is 0 Å². The number of carbonyl (C=O) groups excluding carboxylic acids is 1. The van der Waals surface area contributed by atoms with Crippen LogP contribution in [0.15, 0.2) is 0 Å². The molecule has 0 aromatic heterocycles. The van der Waals surface area contributed by atoms with Crippen LogP contribution in [0.1, 0.15) is 27.2 Å². The Morgan fingerprint density at radius 2 is 1.83 bits per heavy atom. The second kappa shape index (κ2) is 4.03. The fourth-order valence-corrected chi connectivity index (χ4v) is 1.57. The topological polar surface area (TPSA) is 75.6 Å². The first kappa shape index (κ1) is 14.6. The lowest BCUT2D eigenvalue weighted by molar-refractivity contribution is -0.163. The van der Waals surface area contributed by atoms with Gasteiger partial charge in [0.15, 0.2) is 5.54 Å². The number of hydrogen-bond acceptors (Lipinski definition) is 3.